The van der Waals surface area contributed by atoms with Crippen LogP contribution in [0.3, 0.4) is 0 Å². The molecule has 0 aromatic heterocycles. The topological polar surface area (TPSA) is 55.8 Å². The number of ether oxygens (including phenoxy) is 2. The number of carboxylic acid groups (broad SMARTS) is 1. The quantitative estimate of drug-likeness (QED) is 0.753. The van der Waals surface area contributed by atoms with Crippen LogP contribution in [0.1, 0.15) is 23.1 Å². The summed E-state index contributed by atoms with van der Waals surface area (Å²) in [4.78, 5) is 10.6. The standard InChI is InChI=1S/C19H22O4/c1-14-5-3-8-18(15(14)2)23-12-11-22-17-7-4-6-16(13-17)9-10-19(20)21/h3-8,13H,9-12H2,1-2H3,(H,20,21). The molecule has 0 bridgehead atoms. The second-order valence-electron chi connectivity index (χ2n) is 5.44. The van der Waals surface area contributed by atoms with E-state index in [1.165, 1.54) is 5.56 Å². The second-order valence-corrected chi connectivity index (χ2v) is 5.44. The van der Waals surface area contributed by atoms with Crippen LogP contribution in [-0.4, -0.2) is 24.3 Å². The first kappa shape index (κ1) is 16.9. The number of rotatable bonds is 8. The molecule has 0 spiro atoms. The lowest BCUT2D eigenvalue weighted by Gasteiger charge is -2.12. The lowest BCUT2D eigenvalue weighted by Crippen LogP contribution is -2.10. The van der Waals surface area contributed by atoms with Gasteiger partial charge in [0.05, 0.1) is 0 Å². The van der Waals surface area contributed by atoms with Gasteiger partial charge < -0.3 is 14.6 Å². The van der Waals surface area contributed by atoms with Gasteiger partial charge in [-0.25, -0.2) is 0 Å². The Morgan fingerprint density at radius 1 is 1.04 bits per heavy atom. The van der Waals surface area contributed by atoms with Crippen molar-refractivity contribution >= 4 is 5.97 Å². The van der Waals surface area contributed by atoms with Gasteiger partial charge in [0.1, 0.15) is 24.7 Å². The molecule has 0 unspecified atom stereocenters. The van der Waals surface area contributed by atoms with E-state index in [0.29, 0.717) is 19.6 Å². The minimum Gasteiger partial charge on any atom is -0.490 e. The Morgan fingerprint density at radius 3 is 2.57 bits per heavy atom. The van der Waals surface area contributed by atoms with Crippen LogP contribution in [0.15, 0.2) is 42.5 Å². The summed E-state index contributed by atoms with van der Waals surface area (Å²) >= 11 is 0. The van der Waals surface area contributed by atoms with E-state index in [-0.39, 0.29) is 6.42 Å². The molecule has 2 rings (SSSR count). The Morgan fingerprint density at radius 2 is 1.78 bits per heavy atom. The minimum atomic E-state index is -0.793. The molecule has 0 heterocycles. The zero-order chi connectivity index (χ0) is 16.7. The van der Waals surface area contributed by atoms with Gasteiger partial charge in [-0.2, -0.15) is 0 Å². The Kier molecular flexibility index (Phi) is 6.03. The first-order valence-corrected chi connectivity index (χ1v) is 7.69. The fraction of sp³-hybridized carbons (Fsp3) is 0.316. The molecular weight excluding hydrogens is 292 g/mol. The summed E-state index contributed by atoms with van der Waals surface area (Å²) < 4.78 is 11.4. The van der Waals surface area contributed by atoms with Gasteiger partial charge in [0.25, 0.3) is 0 Å². The average molecular weight is 314 g/mol. The highest BCUT2D eigenvalue weighted by Crippen LogP contribution is 2.20. The molecule has 0 aliphatic heterocycles. The zero-order valence-electron chi connectivity index (χ0n) is 13.5. The number of hydrogen-bond donors (Lipinski definition) is 1. The summed E-state index contributed by atoms with van der Waals surface area (Å²) in [5.41, 5.74) is 3.30. The van der Waals surface area contributed by atoms with Crippen molar-refractivity contribution in [2.24, 2.45) is 0 Å². The lowest BCUT2D eigenvalue weighted by molar-refractivity contribution is -0.136. The third-order valence-electron chi connectivity index (χ3n) is 3.69. The van der Waals surface area contributed by atoms with E-state index in [1.807, 2.05) is 43.3 Å². The highest BCUT2D eigenvalue weighted by atomic mass is 16.5. The zero-order valence-corrected chi connectivity index (χ0v) is 13.5. The Balaban J connectivity index is 1.81. The van der Waals surface area contributed by atoms with Gasteiger partial charge in [-0.05, 0) is 55.2 Å². The van der Waals surface area contributed by atoms with Crippen molar-refractivity contribution in [3.63, 3.8) is 0 Å². The van der Waals surface area contributed by atoms with Crippen molar-refractivity contribution in [3.8, 4) is 11.5 Å². The first-order valence-electron chi connectivity index (χ1n) is 7.69. The summed E-state index contributed by atoms with van der Waals surface area (Å²) in [6.07, 6.45) is 0.630. The fourth-order valence-electron chi connectivity index (χ4n) is 2.23. The normalized spacial score (nSPS) is 10.3. The van der Waals surface area contributed by atoms with Crippen LogP contribution < -0.4 is 9.47 Å². The van der Waals surface area contributed by atoms with E-state index >= 15 is 0 Å². The predicted molar refractivity (Wildman–Crippen MR) is 89.3 cm³/mol. The van der Waals surface area contributed by atoms with Crippen molar-refractivity contribution in [2.75, 3.05) is 13.2 Å². The monoisotopic (exact) mass is 314 g/mol. The molecule has 0 aliphatic carbocycles. The summed E-state index contributed by atoms with van der Waals surface area (Å²) in [7, 11) is 0. The average Bonchev–Trinajstić information content (AvgIpc) is 2.54. The van der Waals surface area contributed by atoms with E-state index in [2.05, 4.69) is 13.0 Å². The SMILES string of the molecule is Cc1cccc(OCCOc2cccc(CCC(=O)O)c2)c1C. The highest BCUT2D eigenvalue weighted by molar-refractivity contribution is 5.67. The van der Waals surface area contributed by atoms with Crippen molar-refractivity contribution in [1.29, 1.82) is 0 Å². The second kappa shape index (κ2) is 8.22. The fourth-order valence-corrected chi connectivity index (χ4v) is 2.23. The third kappa shape index (κ3) is 5.33. The van der Waals surface area contributed by atoms with E-state index in [0.717, 1.165) is 22.6 Å². The highest BCUT2D eigenvalue weighted by Gasteiger charge is 2.03. The van der Waals surface area contributed by atoms with Crippen molar-refractivity contribution < 1.29 is 19.4 Å². The molecule has 4 heteroatoms. The predicted octanol–water partition coefficient (Wildman–Crippen LogP) is 3.78. The maximum atomic E-state index is 10.6. The van der Waals surface area contributed by atoms with Crippen molar-refractivity contribution in [2.45, 2.75) is 26.7 Å². The maximum Gasteiger partial charge on any atom is 0.303 e. The molecule has 122 valence electrons. The van der Waals surface area contributed by atoms with Crippen LogP contribution in [0.5, 0.6) is 11.5 Å². The Hall–Kier alpha value is -2.49. The number of aryl methyl sites for hydroxylation is 2. The van der Waals surface area contributed by atoms with Crippen LogP contribution in [0, 0.1) is 13.8 Å². The molecule has 0 aliphatic rings. The van der Waals surface area contributed by atoms with E-state index in [4.69, 9.17) is 14.6 Å². The summed E-state index contributed by atoms with van der Waals surface area (Å²) in [5.74, 6) is 0.819. The van der Waals surface area contributed by atoms with Gasteiger partial charge >= 0.3 is 5.97 Å². The van der Waals surface area contributed by atoms with Crippen LogP contribution in [0.25, 0.3) is 0 Å². The number of hydrogen-bond acceptors (Lipinski definition) is 3. The Labute approximate surface area is 136 Å². The summed E-state index contributed by atoms with van der Waals surface area (Å²) in [6, 6.07) is 13.5. The van der Waals surface area contributed by atoms with Crippen molar-refractivity contribution in [3.05, 3.63) is 59.2 Å². The van der Waals surface area contributed by atoms with Crippen LogP contribution in [0.4, 0.5) is 0 Å². The molecule has 2 aromatic rings. The molecule has 0 amide bonds. The van der Waals surface area contributed by atoms with E-state index in [1.54, 1.807) is 0 Å². The van der Waals surface area contributed by atoms with Gasteiger partial charge in [0.2, 0.25) is 0 Å². The maximum absolute atomic E-state index is 10.6. The molecule has 0 fully saturated rings. The molecule has 2 aromatic carbocycles. The van der Waals surface area contributed by atoms with Gasteiger partial charge in [-0.3, -0.25) is 4.79 Å². The van der Waals surface area contributed by atoms with Crippen LogP contribution in [0.2, 0.25) is 0 Å². The molecular formula is C19H22O4. The molecule has 0 saturated carbocycles. The number of benzene rings is 2. The summed E-state index contributed by atoms with van der Waals surface area (Å²) in [5, 5.41) is 8.72. The third-order valence-corrected chi connectivity index (χ3v) is 3.69. The largest absolute Gasteiger partial charge is 0.490 e. The van der Waals surface area contributed by atoms with E-state index in [9.17, 15) is 4.79 Å². The summed E-state index contributed by atoms with van der Waals surface area (Å²) in [6.45, 7) is 5.00. The van der Waals surface area contributed by atoms with Gasteiger partial charge in [-0.1, -0.05) is 24.3 Å². The molecule has 0 atom stereocenters. The molecule has 1 N–H and O–H groups in total. The number of aliphatic carboxylic acids is 1. The van der Waals surface area contributed by atoms with Gasteiger partial charge in [0, 0.05) is 6.42 Å². The van der Waals surface area contributed by atoms with Crippen molar-refractivity contribution in [1.82, 2.24) is 0 Å². The molecule has 23 heavy (non-hydrogen) atoms. The van der Waals surface area contributed by atoms with E-state index < -0.39 is 5.97 Å². The number of carboxylic acids is 1. The van der Waals surface area contributed by atoms with Gasteiger partial charge in [-0.15, -0.1) is 0 Å². The minimum absolute atomic E-state index is 0.124. The number of carbonyl (C=O) groups is 1. The molecule has 4 nitrogen and oxygen atoms in total. The first-order chi connectivity index (χ1) is 11.1. The smallest absolute Gasteiger partial charge is 0.303 e. The van der Waals surface area contributed by atoms with Crippen LogP contribution in [-0.2, 0) is 11.2 Å². The molecule has 0 saturated heterocycles. The lowest BCUT2D eigenvalue weighted by atomic mass is 10.1. The Bertz CT molecular complexity index is 664. The van der Waals surface area contributed by atoms with Gasteiger partial charge in [0.15, 0.2) is 0 Å². The molecule has 0 radical (unpaired) electrons. The van der Waals surface area contributed by atoms with Crippen LogP contribution >= 0.6 is 0 Å².